The maximum atomic E-state index is 12.5. The number of ether oxygens (including phenoxy) is 7. The van der Waals surface area contributed by atoms with Gasteiger partial charge in [0.1, 0.15) is 23.0 Å². The van der Waals surface area contributed by atoms with Gasteiger partial charge in [0.15, 0.2) is 0 Å². The van der Waals surface area contributed by atoms with E-state index in [1.165, 1.54) is 48.5 Å². The number of hydrogen-bond acceptors (Lipinski definition) is 13. The lowest BCUT2D eigenvalue weighted by atomic mass is 10.1. The van der Waals surface area contributed by atoms with E-state index < -0.39 is 23.9 Å². The summed E-state index contributed by atoms with van der Waals surface area (Å²) in [6.45, 7) is 10.6. The minimum atomic E-state index is -1.04. The summed E-state index contributed by atoms with van der Waals surface area (Å²) in [5.74, 6) is -1.21. The summed E-state index contributed by atoms with van der Waals surface area (Å²) in [5, 5.41) is 18.1. The third kappa shape index (κ3) is 20.7. The Hall–Kier alpha value is -5.84. The fourth-order valence-corrected chi connectivity index (χ4v) is 7.22. The zero-order valence-corrected chi connectivity index (χ0v) is 38.5. The van der Waals surface area contributed by atoms with Crippen LogP contribution in [0.1, 0.15) is 106 Å². The van der Waals surface area contributed by atoms with E-state index in [0.29, 0.717) is 75.5 Å². The topological polar surface area (TPSA) is 180 Å². The Morgan fingerprint density at radius 1 is 0.388 bits per heavy atom. The van der Waals surface area contributed by atoms with Gasteiger partial charge < -0.3 is 43.4 Å². The molecule has 1 aliphatic heterocycles. The molecule has 0 aromatic heterocycles. The molecule has 1 heterocycles. The van der Waals surface area contributed by atoms with Gasteiger partial charge in [0.05, 0.1) is 75.1 Å². The molecule has 15 nitrogen and oxygen atoms in total. The van der Waals surface area contributed by atoms with Crippen molar-refractivity contribution in [2.45, 2.75) is 64.2 Å². The van der Waals surface area contributed by atoms with E-state index in [1.54, 1.807) is 48.5 Å². The SMILES string of the molecule is O=C(O)c1ccc(OC(=O)c2ccc(OCCCCCCCN3CCOCCOCCN(CCCCCCCOc4ccc(C(=O)Oc5ccc(C(=O)O)cc5)cc4)CCOCC3)cc2)cc1. The first-order chi connectivity index (χ1) is 32.7. The lowest BCUT2D eigenvalue weighted by Crippen LogP contribution is -2.34. The second-order valence-corrected chi connectivity index (χ2v) is 16.2. The summed E-state index contributed by atoms with van der Waals surface area (Å²) in [5.41, 5.74) is 0.996. The number of carbonyl (C=O) groups is 4. The van der Waals surface area contributed by atoms with Gasteiger partial charge in [-0.1, -0.05) is 38.5 Å². The number of aromatic carboxylic acids is 2. The van der Waals surface area contributed by atoms with Crippen molar-refractivity contribution in [2.75, 3.05) is 92.1 Å². The Labute approximate surface area is 393 Å². The molecule has 67 heavy (non-hydrogen) atoms. The van der Waals surface area contributed by atoms with E-state index in [4.69, 9.17) is 43.4 Å². The van der Waals surface area contributed by atoms with Gasteiger partial charge in [0.25, 0.3) is 0 Å². The van der Waals surface area contributed by atoms with E-state index in [0.717, 1.165) is 103 Å². The number of carbonyl (C=O) groups excluding carboxylic acids is 2. The van der Waals surface area contributed by atoms with Gasteiger partial charge in [-0.25, -0.2) is 19.2 Å². The monoisotopic (exact) mass is 926 g/mol. The smallest absolute Gasteiger partial charge is 0.343 e. The number of nitrogens with zero attached hydrogens (tertiary/aromatic N) is 2. The van der Waals surface area contributed by atoms with Crippen LogP contribution in [0, 0.1) is 0 Å². The fraction of sp³-hybridized carbons (Fsp3) is 0.462. The Bertz CT molecular complexity index is 1900. The highest BCUT2D eigenvalue weighted by Gasteiger charge is 2.13. The number of carboxylic acids is 2. The summed E-state index contributed by atoms with van der Waals surface area (Å²) in [6.07, 6.45) is 10.8. The van der Waals surface area contributed by atoms with Gasteiger partial charge in [-0.05, 0) is 136 Å². The number of benzene rings is 4. The van der Waals surface area contributed by atoms with E-state index in [1.807, 2.05) is 0 Å². The standard InChI is InChI=1S/C52H66N2O13/c55-49(56)41-11-23-47(24-12-41)66-51(59)43-15-19-45(20-16-43)64-33-9-5-1-3-7-27-53-29-35-61-36-30-54(32-38-63-40-39-62-37-31-53)28-8-4-2-6-10-34-65-46-21-17-44(18-22-46)52(60)67-48-25-13-42(14-26-48)50(57)58/h11-26H,1-10,27-40H2,(H,55,56)(H,57,58). The molecule has 0 saturated carbocycles. The largest absolute Gasteiger partial charge is 0.494 e. The molecule has 15 heteroatoms. The molecule has 1 fully saturated rings. The molecule has 4 aromatic rings. The molecule has 4 aromatic carbocycles. The number of unbranched alkanes of at least 4 members (excludes halogenated alkanes) is 8. The van der Waals surface area contributed by atoms with Crippen molar-refractivity contribution in [2.24, 2.45) is 0 Å². The molecule has 0 amide bonds. The third-order valence-corrected chi connectivity index (χ3v) is 11.2. The van der Waals surface area contributed by atoms with Crippen LogP contribution in [0.25, 0.3) is 0 Å². The van der Waals surface area contributed by atoms with Crippen LogP contribution in [-0.4, -0.2) is 136 Å². The van der Waals surface area contributed by atoms with Crippen molar-refractivity contribution in [1.29, 1.82) is 0 Å². The van der Waals surface area contributed by atoms with Gasteiger partial charge in [0.2, 0.25) is 0 Å². The second kappa shape index (κ2) is 30.4. The van der Waals surface area contributed by atoms with Gasteiger partial charge in [0, 0.05) is 26.2 Å². The summed E-state index contributed by atoms with van der Waals surface area (Å²) in [7, 11) is 0. The quantitative estimate of drug-likeness (QED) is 0.0388. The molecule has 2 N–H and O–H groups in total. The normalized spacial score (nSPS) is 14.6. The Kier molecular flexibility index (Phi) is 23.7. The highest BCUT2D eigenvalue weighted by Crippen LogP contribution is 2.20. The molecule has 5 rings (SSSR count). The van der Waals surface area contributed by atoms with E-state index in [-0.39, 0.29) is 22.6 Å². The van der Waals surface area contributed by atoms with Gasteiger partial charge in [-0.3, -0.25) is 9.80 Å². The molecular weight excluding hydrogens is 861 g/mol. The molecule has 0 aliphatic carbocycles. The third-order valence-electron chi connectivity index (χ3n) is 11.2. The Morgan fingerprint density at radius 3 is 1.04 bits per heavy atom. The molecule has 1 saturated heterocycles. The molecule has 0 bridgehead atoms. The van der Waals surface area contributed by atoms with Crippen molar-refractivity contribution in [3.8, 4) is 23.0 Å². The van der Waals surface area contributed by atoms with Gasteiger partial charge in [-0.15, -0.1) is 0 Å². The van der Waals surface area contributed by atoms with Crippen LogP contribution < -0.4 is 18.9 Å². The molecule has 0 spiro atoms. The van der Waals surface area contributed by atoms with Crippen LogP contribution in [0.5, 0.6) is 23.0 Å². The van der Waals surface area contributed by atoms with Crippen molar-refractivity contribution in [1.82, 2.24) is 9.80 Å². The number of hydrogen-bond donors (Lipinski definition) is 2. The van der Waals surface area contributed by atoms with Crippen molar-refractivity contribution >= 4 is 23.9 Å². The van der Waals surface area contributed by atoms with E-state index in [2.05, 4.69) is 9.80 Å². The average molecular weight is 927 g/mol. The summed E-state index contributed by atoms with van der Waals surface area (Å²) < 4.78 is 40.4. The summed E-state index contributed by atoms with van der Waals surface area (Å²) in [6, 6.07) is 25.0. The Morgan fingerprint density at radius 2 is 0.687 bits per heavy atom. The molecule has 0 atom stereocenters. The van der Waals surface area contributed by atoms with Gasteiger partial charge in [-0.2, -0.15) is 0 Å². The lowest BCUT2D eigenvalue weighted by Gasteiger charge is -2.23. The van der Waals surface area contributed by atoms with Crippen molar-refractivity contribution in [3.05, 3.63) is 119 Å². The minimum absolute atomic E-state index is 0.121. The first-order valence-corrected chi connectivity index (χ1v) is 23.5. The van der Waals surface area contributed by atoms with Gasteiger partial charge >= 0.3 is 23.9 Å². The lowest BCUT2D eigenvalue weighted by molar-refractivity contribution is 0.0320. The summed E-state index contributed by atoms with van der Waals surface area (Å²) in [4.78, 5) is 51.9. The molecule has 362 valence electrons. The van der Waals surface area contributed by atoms with Crippen LogP contribution in [0.2, 0.25) is 0 Å². The number of esters is 2. The van der Waals surface area contributed by atoms with Crippen LogP contribution in [-0.2, 0) is 14.2 Å². The first-order valence-electron chi connectivity index (χ1n) is 23.5. The van der Waals surface area contributed by atoms with E-state index in [9.17, 15) is 19.2 Å². The predicted molar refractivity (Wildman–Crippen MR) is 252 cm³/mol. The predicted octanol–water partition coefficient (Wildman–Crippen LogP) is 8.55. The number of carboxylic acid groups (broad SMARTS) is 2. The fourth-order valence-electron chi connectivity index (χ4n) is 7.22. The highest BCUT2D eigenvalue weighted by atomic mass is 16.5. The van der Waals surface area contributed by atoms with Crippen LogP contribution in [0.3, 0.4) is 0 Å². The molecule has 1 aliphatic rings. The second-order valence-electron chi connectivity index (χ2n) is 16.2. The Balaban J connectivity index is 0.865. The van der Waals surface area contributed by atoms with Crippen molar-refractivity contribution in [3.63, 3.8) is 0 Å². The van der Waals surface area contributed by atoms with Crippen LogP contribution >= 0.6 is 0 Å². The maximum Gasteiger partial charge on any atom is 0.343 e. The minimum Gasteiger partial charge on any atom is -0.494 e. The van der Waals surface area contributed by atoms with Crippen LogP contribution in [0.15, 0.2) is 97.1 Å². The zero-order valence-electron chi connectivity index (χ0n) is 38.5. The van der Waals surface area contributed by atoms with Crippen LogP contribution in [0.4, 0.5) is 0 Å². The van der Waals surface area contributed by atoms with Crippen molar-refractivity contribution < 1.29 is 62.5 Å². The maximum absolute atomic E-state index is 12.5. The first kappa shape index (κ1) is 52.1. The molecule has 0 radical (unpaired) electrons. The molecular formula is C52H66N2O13. The highest BCUT2D eigenvalue weighted by molar-refractivity contribution is 5.92. The summed E-state index contributed by atoms with van der Waals surface area (Å²) >= 11 is 0. The molecule has 0 unspecified atom stereocenters. The van der Waals surface area contributed by atoms with E-state index >= 15 is 0 Å². The average Bonchev–Trinajstić information content (AvgIpc) is 3.34. The zero-order chi connectivity index (χ0) is 47.3. The number of rotatable bonds is 24.